The molecule has 2 aromatic heterocycles. The van der Waals surface area contributed by atoms with Gasteiger partial charge < -0.3 is 10.6 Å². The molecule has 6 heteroatoms. The van der Waals surface area contributed by atoms with Gasteiger partial charge in [0, 0.05) is 17.9 Å². The molecule has 2 amide bonds. The quantitative estimate of drug-likeness (QED) is 0.733. The van der Waals surface area contributed by atoms with Crippen molar-refractivity contribution in [2.24, 2.45) is 0 Å². The maximum absolute atomic E-state index is 12.7. The molecule has 1 aromatic carbocycles. The number of benzene rings is 1. The average molecular weight is 362 g/mol. The number of amides is 2. The second-order valence-electron chi connectivity index (χ2n) is 7.15. The number of nitrogens with zero attached hydrogens (tertiary/aromatic N) is 2. The number of aromatic nitrogens is 2. The first-order valence-corrected chi connectivity index (χ1v) is 9.14. The molecule has 27 heavy (non-hydrogen) atoms. The first-order chi connectivity index (χ1) is 13.0. The van der Waals surface area contributed by atoms with Gasteiger partial charge in [0.05, 0.1) is 12.1 Å². The number of imidazole rings is 1. The molecule has 1 fully saturated rings. The Morgan fingerprint density at radius 2 is 1.89 bits per heavy atom. The van der Waals surface area contributed by atoms with E-state index < -0.39 is 0 Å². The number of hydrogen-bond acceptors (Lipinski definition) is 3. The van der Waals surface area contributed by atoms with Crippen LogP contribution in [0.5, 0.6) is 0 Å². The fourth-order valence-electron chi connectivity index (χ4n) is 3.13. The fraction of sp³-hybridized carbons (Fsp3) is 0.286. The molecule has 0 unspecified atom stereocenters. The Morgan fingerprint density at radius 3 is 2.59 bits per heavy atom. The second kappa shape index (κ2) is 6.87. The van der Waals surface area contributed by atoms with Crippen LogP contribution in [0.15, 0.2) is 42.6 Å². The van der Waals surface area contributed by atoms with Crippen LogP contribution in [0.25, 0.3) is 5.65 Å². The minimum Gasteiger partial charge on any atom is -0.353 e. The van der Waals surface area contributed by atoms with Gasteiger partial charge in [0.15, 0.2) is 0 Å². The van der Waals surface area contributed by atoms with Crippen LogP contribution in [0, 0.1) is 13.8 Å². The Labute approximate surface area is 157 Å². The molecule has 6 nitrogen and oxygen atoms in total. The molecule has 1 aliphatic rings. The van der Waals surface area contributed by atoms with Crippen molar-refractivity contribution in [2.75, 3.05) is 5.32 Å². The molecule has 138 valence electrons. The highest BCUT2D eigenvalue weighted by molar-refractivity contribution is 6.04. The maximum Gasteiger partial charge on any atom is 0.274 e. The standard InChI is InChI=1S/C21H22N4O2/c1-13-9-10-25-18(11-13)22-14(2)20(25)21(27)24-17-5-3-15(4-6-17)12-19(26)23-16-7-8-16/h3-6,9-11,16H,7-8,12H2,1-2H3,(H,23,26)(H,24,27). The van der Waals surface area contributed by atoms with E-state index in [1.165, 1.54) is 0 Å². The number of nitrogens with one attached hydrogen (secondary N) is 2. The van der Waals surface area contributed by atoms with E-state index in [0.717, 1.165) is 29.6 Å². The summed E-state index contributed by atoms with van der Waals surface area (Å²) < 4.78 is 1.80. The van der Waals surface area contributed by atoms with Gasteiger partial charge in [-0.25, -0.2) is 4.98 Å². The summed E-state index contributed by atoms with van der Waals surface area (Å²) in [7, 11) is 0. The van der Waals surface area contributed by atoms with E-state index in [0.29, 0.717) is 29.5 Å². The summed E-state index contributed by atoms with van der Waals surface area (Å²) in [4.78, 5) is 29.1. The Morgan fingerprint density at radius 1 is 1.15 bits per heavy atom. The predicted molar refractivity (Wildman–Crippen MR) is 104 cm³/mol. The van der Waals surface area contributed by atoms with Gasteiger partial charge in [0.2, 0.25) is 5.91 Å². The molecule has 4 rings (SSSR count). The van der Waals surface area contributed by atoms with Gasteiger partial charge >= 0.3 is 0 Å². The van der Waals surface area contributed by atoms with E-state index in [1.807, 2.05) is 56.4 Å². The molecule has 0 saturated heterocycles. The molecule has 0 aliphatic heterocycles. The van der Waals surface area contributed by atoms with Gasteiger partial charge in [-0.05, 0) is 62.1 Å². The number of aryl methyl sites for hydroxylation is 2. The number of anilines is 1. The van der Waals surface area contributed by atoms with Crippen LogP contribution in [0.3, 0.4) is 0 Å². The zero-order chi connectivity index (χ0) is 19.0. The zero-order valence-corrected chi connectivity index (χ0v) is 15.5. The van der Waals surface area contributed by atoms with Gasteiger partial charge in [0.1, 0.15) is 11.3 Å². The molecule has 0 radical (unpaired) electrons. The predicted octanol–water partition coefficient (Wildman–Crippen LogP) is 3.02. The maximum atomic E-state index is 12.7. The first-order valence-electron chi connectivity index (χ1n) is 9.14. The van der Waals surface area contributed by atoms with Crippen molar-refractivity contribution in [3.63, 3.8) is 0 Å². The van der Waals surface area contributed by atoms with Crippen molar-refractivity contribution in [1.82, 2.24) is 14.7 Å². The van der Waals surface area contributed by atoms with Gasteiger partial charge in [-0.1, -0.05) is 12.1 Å². The molecule has 2 N–H and O–H groups in total. The van der Waals surface area contributed by atoms with Crippen LogP contribution < -0.4 is 10.6 Å². The highest BCUT2D eigenvalue weighted by Crippen LogP contribution is 2.19. The van der Waals surface area contributed by atoms with Gasteiger partial charge in [-0.15, -0.1) is 0 Å². The third-order valence-electron chi connectivity index (χ3n) is 4.69. The Balaban J connectivity index is 1.46. The molecule has 1 saturated carbocycles. The number of carbonyl (C=O) groups is 2. The summed E-state index contributed by atoms with van der Waals surface area (Å²) in [5, 5.41) is 5.89. The van der Waals surface area contributed by atoms with Gasteiger partial charge in [-0.3, -0.25) is 14.0 Å². The molecule has 0 atom stereocenters. The summed E-state index contributed by atoms with van der Waals surface area (Å²) in [6.45, 7) is 3.83. The third kappa shape index (κ3) is 3.84. The normalized spacial score (nSPS) is 13.6. The molecule has 0 bridgehead atoms. The molecular formula is C21H22N4O2. The Hall–Kier alpha value is -3.15. The van der Waals surface area contributed by atoms with E-state index in [1.54, 1.807) is 4.40 Å². The van der Waals surface area contributed by atoms with Crippen molar-refractivity contribution in [2.45, 2.75) is 39.2 Å². The summed E-state index contributed by atoms with van der Waals surface area (Å²) in [6.07, 6.45) is 4.38. The second-order valence-corrected chi connectivity index (χ2v) is 7.15. The first kappa shape index (κ1) is 17.3. The van der Waals surface area contributed by atoms with E-state index in [4.69, 9.17) is 0 Å². The molecule has 2 heterocycles. The SMILES string of the molecule is Cc1ccn2c(C(=O)Nc3ccc(CC(=O)NC4CC4)cc3)c(C)nc2c1. The topological polar surface area (TPSA) is 75.5 Å². The average Bonchev–Trinajstić information content (AvgIpc) is 3.36. The van der Waals surface area contributed by atoms with E-state index in [9.17, 15) is 9.59 Å². The van der Waals surface area contributed by atoms with E-state index in [-0.39, 0.29) is 11.8 Å². The smallest absolute Gasteiger partial charge is 0.274 e. The van der Waals surface area contributed by atoms with Gasteiger partial charge in [0.25, 0.3) is 5.91 Å². The zero-order valence-electron chi connectivity index (χ0n) is 15.5. The highest BCUT2D eigenvalue weighted by atomic mass is 16.2. The highest BCUT2D eigenvalue weighted by Gasteiger charge is 2.23. The van der Waals surface area contributed by atoms with Crippen molar-refractivity contribution in [3.8, 4) is 0 Å². The summed E-state index contributed by atoms with van der Waals surface area (Å²) in [5.41, 5.74) is 4.68. The lowest BCUT2D eigenvalue weighted by molar-refractivity contribution is -0.120. The largest absolute Gasteiger partial charge is 0.353 e. The lowest BCUT2D eigenvalue weighted by atomic mass is 10.1. The van der Waals surface area contributed by atoms with Crippen LogP contribution in [-0.4, -0.2) is 27.2 Å². The molecular weight excluding hydrogens is 340 g/mol. The van der Waals surface area contributed by atoms with E-state index >= 15 is 0 Å². The van der Waals surface area contributed by atoms with Crippen molar-refractivity contribution >= 4 is 23.1 Å². The fourth-order valence-corrected chi connectivity index (χ4v) is 3.13. The molecule has 3 aromatic rings. The summed E-state index contributed by atoms with van der Waals surface area (Å²) in [6, 6.07) is 11.6. The monoisotopic (exact) mass is 362 g/mol. The minimum atomic E-state index is -0.205. The minimum absolute atomic E-state index is 0.0472. The lowest BCUT2D eigenvalue weighted by Gasteiger charge is -2.08. The van der Waals surface area contributed by atoms with E-state index in [2.05, 4.69) is 15.6 Å². The van der Waals surface area contributed by atoms with Crippen LogP contribution in [-0.2, 0) is 11.2 Å². The van der Waals surface area contributed by atoms with Crippen molar-refractivity contribution in [3.05, 3.63) is 65.1 Å². The number of carbonyl (C=O) groups excluding carboxylic acids is 2. The van der Waals surface area contributed by atoms with Crippen molar-refractivity contribution < 1.29 is 9.59 Å². The van der Waals surface area contributed by atoms with Crippen molar-refractivity contribution in [1.29, 1.82) is 0 Å². The van der Waals surface area contributed by atoms with Crippen LogP contribution in [0.2, 0.25) is 0 Å². The number of hydrogen-bond donors (Lipinski definition) is 2. The lowest BCUT2D eigenvalue weighted by Crippen LogP contribution is -2.26. The summed E-state index contributed by atoms with van der Waals surface area (Å²) >= 11 is 0. The number of pyridine rings is 1. The van der Waals surface area contributed by atoms with Gasteiger partial charge in [-0.2, -0.15) is 0 Å². The summed E-state index contributed by atoms with van der Waals surface area (Å²) in [5.74, 6) is -0.158. The Kier molecular flexibility index (Phi) is 4.39. The third-order valence-corrected chi connectivity index (χ3v) is 4.69. The van der Waals surface area contributed by atoms with Crippen LogP contribution in [0.1, 0.15) is 40.2 Å². The number of fused-ring (bicyclic) bond motifs is 1. The van der Waals surface area contributed by atoms with Crippen LogP contribution >= 0.6 is 0 Å². The number of rotatable bonds is 5. The Bertz CT molecular complexity index is 1020. The molecule has 1 aliphatic carbocycles. The molecule has 0 spiro atoms. The van der Waals surface area contributed by atoms with Crippen LogP contribution in [0.4, 0.5) is 5.69 Å².